The van der Waals surface area contributed by atoms with Crippen LogP contribution < -0.4 is 15.6 Å². The first kappa shape index (κ1) is 22.4. The molecule has 0 radical (unpaired) electrons. The Balaban J connectivity index is 1.84. The highest BCUT2D eigenvalue weighted by atomic mass is 19.1. The number of halogens is 1. The van der Waals surface area contributed by atoms with Crippen molar-refractivity contribution in [1.82, 2.24) is 9.38 Å². The van der Waals surface area contributed by atoms with Gasteiger partial charge in [-0.1, -0.05) is 35.9 Å². The fraction of sp³-hybridized carbons (Fsp3) is 0.0769. The summed E-state index contributed by atoms with van der Waals surface area (Å²) in [5.41, 5.74) is 1.41. The number of carbonyl (C=O) groups is 1. The number of nitrogens with one attached hydrogen (secondary N) is 1. The number of anilines is 1. The SMILES string of the molecule is Cc1ccc(NC(=O)/C(C#N)=C/c2c(Oc3ccccc3F)nc3c(C)cccn3c2=O)cc1. The molecule has 7 nitrogen and oxygen atoms in total. The van der Waals surface area contributed by atoms with Crippen LogP contribution in [-0.2, 0) is 4.79 Å². The maximum Gasteiger partial charge on any atom is 0.269 e. The molecule has 34 heavy (non-hydrogen) atoms. The molecule has 2 heterocycles. The van der Waals surface area contributed by atoms with Gasteiger partial charge in [0.05, 0.1) is 0 Å². The van der Waals surface area contributed by atoms with E-state index in [2.05, 4.69) is 10.3 Å². The smallest absolute Gasteiger partial charge is 0.269 e. The molecule has 0 unspecified atom stereocenters. The summed E-state index contributed by atoms with van der Waals surface area (Å²) >= 11 is 0. The van der Waals surface area contributed by atoms with Gasteiger partial charge in [0.15, 0.2) is 11.6 Å². The highest BCUT2D eigenvalue weighted by molar-refractivity contribution is 6.09. The largest absolute Gasteiger partial charge is 0.435 e. The highest BCUT2D eigenvalue weighted by Gasteiger charge is 2.19. The lowest BCUT2D eigenvalue weighted by molar-refractivity contribution is -0.112. The number of pyridine rings is 1. The van der Waals surface area contributed by atoms with Gasteiger partial charge in [0.2, 0.25) is 5.88 Å². The zero-order valence-electron chi connectivity index (χ0n) is 18.4. The number of aromatic nitrogens is 2. The number of rotatable bonds is 5. The van der Waals surface area contributed by atoms with E-state index < -0.39 is 17.3 Å². The van der Waals surface area contributed by atoms with Gasteiger partial charge in [-0.05, 0) is 55.8 Å². The summed E-state index contributed by atoms with van der Waals surface area (Å²) in [6.07, 6.45) is 2.62. The number of carbonyl (C=O) groups excluding carboxylic acids is 1. The Kier molecular flexibility index (Phi) is 6.19. The minimum Gasteiger partial charge on any atom is -0.435 e. The first-order valence-electron chi connectivity index (χ1n) is 10.3. The molecule has 2 aromatic carbocycles. The van der Waals surface area contributed by atoms with Crippen LogP contribution >= 0.6 is 0 Å². The second kappa shape index (κ2) is 9.38. The molecular weight excluding hydrogens is 435 g/mol. The van der Waals surface area contributed by atoms with Crippen LogP contribution in [0.25, 0.3) is 11.7 Å². The van der Waals surface area contributed by atoms with E-state index in [4.69, 9.17) is 4.74 Å². The summed E-state index contributed by atoms with van der Waals surface area (Å²) in [7, 11) is 0. The number of hydrogen-bond acceptors (Lipinski definition) is 5. The van der Waals surface area contributed by atoms with Crippen LogP contribution in [0.3, 0.4) is 0 Å². The van der Waals surface area contributed by atoms with E-state index in [1.165, 1.54) is 28.8 Å². The van der Waals surface area contributed by atoms with Crippen molar-refractivity contribution >= 4 is 23.3 Å². The zero-order valence-corrected chi connectivity index (χ0v) is 18.4. The molecule has 0 fully saturated rings. The molecule has 0 atom stereocenters. The Bertz CT molecular complexity index is 1530. The first-order valence-corrected chi connectivity index (χ1v) is 10.3. The second-order valence-electron chi connectivity index (χ2n) is 7.54. The Hall–Kier alpha value is -4.77. The normalized spacial score (nSPS) is 11.2. The van der Waals surface area contributed by atoms with Crippen LogP contribution in [0.15, 0.2) is 77.2 Å². The van der Waals surface area contributed by atoms with Gasteiger partial charge < -0.3 is 10.1 Å². The summed E-state index contributed by atoms with van der Waals surface area (Å²) < 4.78 is 21.2. The lowest BCUT2D eigenvalue weighted by Gasteiger charge is -2.12. The van der Waals surface area contributed by atoms with Crippen molar-refractivity contribution in [2.24, 2.45) is 0 Å². The fourth-order valence-electron chi connectivity index (χ4n) is 3.25. The van der Waals surface area contributed by atoms with Crippen molar-refractivity contribution in [3.8, 4) is 17.7 Å². The summed E-state index contributed by atoms with van der Waals surface area (Å²) in [5, 5.41) is 12.3. The average molecular weight is 454 g/mol. The van der Waals surface area contributed by atoms with E-state index in [0.717, 1.165) is 11.6 Å². The summed E-state index contributed by atoms with van der Waals surface area (Å²) in [6.45, 7) is 3.67. The van der Waals surface area contributed by atoms with Gasteiger partial charge in [-0.2, -0.15) is 10.2 Å². The Morgan fingerprint density at radius 1 is 1.12 bits per heavy atom. The number of benzene rings is 2. The fourth-order valence-corrected chi connectivity index (χ4v) is 3.25. The predicted octanol–water partition coefficient (Wildman–Crippen LogP) is 4.79. The van der Waals surface area contributed by atoms with Gasteiger partial charge in [-0.25, -0.2) is 4.39 Å². The third-order valence-corrected chi connectivity index (χ3v) is 5.06. The minimum atomic E-state index is -0.711. The Morgan fingerprint density at radius 3 is 2.56 bits per heavy atom. The minimum absolute atomic E-state index is 0.149. The molecule has 1 N–H and O–H groups in total. The van der Waals surface area contributed by atoms with Crippen LogP contribution in [-0.4, -0.2) is 15.3 Å². The summed E-state index contributed by atoms with van der Waals surface area (Å²) in [4.78, 5) is 30.5. The maximum absolute atomic E-state index is 14.3. The van der Waals surface area contributed by atoms with E-state index in [9.17, 15) is 19.2 Å². The van der Waals surface area contributed by atoms with Gasteiger partial charge >= 0.3 is 0 Å². The van der Waals surface area contributed by atoms with Crippen molar-refractivity contribution in [2.75, 3.05) is 5.32 Å². The second-order valence-corrected chi connectivity index (χ2v) is 7.54. The molecule has 0 bridgehead atoms. The molecule has 4 aromatic rings. The molecule has 168 valence electrons. The number of fused-ring (bicyclic) bond motifs is 1. The number of para-hydroxylation sites is 1. The predicted molar refractivity (Wildman–Crippen MR) is 126 cm³/mol. The monoisotopic (exact) mass is 454 g/mol. The number of hydrogen-bond donors (Lipinski definition) is 1. The molecule has 0 saturated carbocycles. The van der Waals surface area contributed by atoms with Gasteiger partial charge in [-0.15, -0.1) is 0 Å². The van der Waals surface area contributed by atoms with Crippen molar-refractivity contribution in [3.63, 3.8) is 0 Å². The van der Waals surface area contributed by atoms with E-state index in [1.807, 2.05) is 25.1 Å². The van der Waals surface area contributed by atoms with Crippen LogP contribution in [0.2, 0.25) is 0 Å². The lowest BCUT2D eigenvalue weighted by atomic mass is 10.1. The van der Waals surface area contributed by atoms with Gasteiger partial charge in [-0.3, -0.25) is 14.0 Å². The zero-order chi connectivity index (χ0) is 24.2. The highest BCUT2D eigenvalue weighted by Crippen LogP contribution is 2.26. The molecule has 8 heteroatoms. The van der Waals surface area contributed by atoms with Gasteiger partial charge in [0.25, 0.3) is 11.5 Å². The molecule has 0 aliphatic heterocycles. The number of amides is 1. The maximum atomic E-state index is 14.3. The van der Waals surface area contributed by atoms with Crippen LogP contribution in [0, 0.1) is 31.0 Å². The van der Waals surface area contributed by atoms with E-state index in [1.54, 1.807) is 37.3 Å². The molecule has 1 amide bonds. The average Bonchev–Trinajstić information content (AvgIpc) is 2.82. The van der Waals surface area contributed by atoms with Crippen LogP contribution in [0.4, 0.5) is 10.1 Å². The third-order valence-electron chi connectivity index (χ3n) is 5.06. The molecule has 0 spiro atoms. The van der Waals surface area contributed by atoms with Crippen molar-refractivity contribution < 1.29 is 13.9 Å². The lowest BCUT2D eigenvalue weighted by Crippen LogP contribution is -2.20. The first-order chi connectivity index (χ1) is 16.4. The molecule has 0 aliphatic rings. The standard InChI is InChI=1S/C26H19FN4O3/c1-16-9-11-19(12-10-16)29-24(32)18(15-28)14-20-25(34-22-8-4-3-7-21(22)27)30-23-17(2)6-5-13-31(23)26(20)33/h3-14H,1-2H3,(H,29,32)/b18-14+. The molecule has 2 aromatic heterocycles. The van der Waals surface area contributed by atoms with Gasteiger partial charge in [0.1, 0.15) is 22.9 Å². The van der Waals surface area contributed by atoms with Crippen molar-refractivity contribution in [2.45, 2.75) is 13.8 Å². The quantitative estimate of drug-likeness (QED) is 0.346. The molecule has 4 rings (SSSR count). The Morgan fingerprint density at radius 2 is 1.85 bits per heavy atom. The Labute approximate surface area is 194 Å². The number of ether oxygens (including phenoxy) is 1. The van der Waals surface area contributed by atoms with Crippen molar-refractivity contribution in [3.05, 3.63) is 105 Å². The molecule has 0 aliphatic carbocycles. The molecular formula is C26H19FN4O3. The van der Waals surface area contributed by atoms with Gasteiger partial charge in [0, 0.05) is 11.9 Å². The number of nitriles is 1. The van der Waals surface area contributed by atoms with Crippen molar-refractivity contribution in [1.29, 1.82) is 5.26 Å². The summed E-state index contributed by atoms with van der Waals surface area (Å²) in [6, 6.07) is 17.9. The molecule has 0 saturated heterocycles. The van der Waals surface area contributed by atoms with Crippen LogP contribution in [0.5, 0.6) is 11.6 Å². The van der Waals surface area contributed by atoms with Crippen LogP contribution in [0.1, 0.15) is 16.7 Å². The number of aryl methyl sites for hydroxylation is 2. The third kappa shape index (κ3) is 4.54. The van der Waals surface area contributed by atoms with E-state index in [-0.39, 0.29) is 22.8 Å². The summed E-state index contributed by atoms with van der Waals surface area (Å²) in [5.74, 6) is -1.73. The van der Waals surface area contributed by atoms with E-state index in [0.29, 0.717) is 16.9 Å². The number of nitrogens with zero attached hydrogens (tertiary/aromatic N) is 3. The topological polar surface area (TPSA) is 96.5 Å². The van der Waals surface area contributed by atoms with E-state index >= 15 is 0 Å².